The predicted molar refractivity (Wildman–Crippen MR) is 97.7 cm³/mol. The smallest absolute Gasteiger partial charge is 0.243 e. The van der Waals surface area contributed by atoms with Crippen LogP contribution in [0, 0.1) is 6.92 Å². The summed E-state index contributed by atoms with van der Waals surface area (Å²) in [6.45, 7) is 4.68. The highest BCUT2D eigenvalue weighted by Gasteiger charge is 2.39. The fraction of sp³-hybridized carbons (Fsp3) is 0.350. The second-order valence-electron chi connectivity index (χ2n) is 6.70. The van der Waals surface area contributed by atoms with Crippen LogP contribution in [0.15, 0.2) is 54.6 Å². The molecular weight excluding hydrogens is 298 g/mol. The molecule has 2 aromatic carbocycles. The second kappa shape index (κ2) is 7.05. The molecule has 0 aromatic heterocycles. The Bertz CT molecular complexity index is 691. The second-order valence-corrected chi connectivity index (χ2v) is 6.70. The van der Waals surface area contributed by atoms with Gasteiger partial charge in [0.2, 0.25) is 5.91 Å². The quantitative estimate of drug-likeness (QED) is 0.889. The first-order valence-electron chi connectivity index (χ1n) is 8.48. The molecule has 1 fully saturated rings. The van der Waals surface area contributed by atoms with E-state index in [1.54, 1.807) is 0 Å². The minimum absolute atomic E-state index is 0.261. The van der Waals surface area contributed by atoms with E-state index in [9.17, 15) is 4.79 Å². The van der Waals surface area contributed by atoms with Gasteiger partial charge < -0.3 is 11.1 Å². The number of nitrogens with zero attached hydrogens (tertiary/aromatic N) is 1. The number of carbonyl (C=O) groups excluding carboxylic acids is 1. The van der Waals surface area contributed by atoms with E-state index in [1.165, 1.54) is 11.1 Å². The third kappa shape index (κ3) is 3.77. The largest absolute Gasteiger partial charge is 0.371 e. The predicted octanol–water partition coefficient (Wildman–Crippen LogP) is 2.93. The summed E-state index contributed by atoms with van der Waals surface area (Å²) in [5.41, 5.74) is 8.55. The molecule has 0 aliphatic carbocycles. The van der Waals surface area contributed by atoms with Crippen LogP contribution in [0.3, 0.4) is 0 Å². The first-order valence-corrected chi connectivity index (χ1v) is 8.48. The maximum atomic E-state index is 12.2. The van der Waals surface area contributed by atoms with E-state index in [0.717, 1.165) is 38.2 Å². The van der Waals surface area contributed by atoms with Gasteiger partial charge in [-0.3, -0.25) is 9.69 Å². The number of hydrogen-bond donors (Lipinski definition) is 2. The number of likely N-dealkylation sites (tertiary alicyclic amines) is 1. The molecule has 2 aromatic rings. The van der Waals surface area contributed by atoms with Crippen LogP contribution in [0.25, 0.3) is 0 Å². The van der Waals surface area contributed by atoms with Crippen molar-refractivity contribution in [1.29, 1.82) is 0 Å². The highest BCUT2D eigenvalue weighted by atomic mass is 16.1. The highest BCUT2D eigenvalue weighted by Crippen LogP contribution is 2.28. The van der Waals surface area contributed by atoms with Crippen LogP contribution in [-0.4, -0.2) is 29.4 Å². The van der Waals surface area contributed by atoms with Crippen molar-refractivity contribution in [2.24, 2.45) is 5.73 Å². The Morgan fingerprint density at radius 3 is 2.46 bits per heavy atom. The number of rotatable bonds is 5. The summed E-state index contributed by atoms with van der Waals surface area (Å²) in [5, 5.41) is 3.42. The van der Waals surface area contributed by atoms with Crippen molar-refractivity contribution < 1.29 is 4.79 Å². The maximum Gasteiger partial charge on any atom is 0.243 e. The lowest BCUT2D eigenvalue weighted by atomic mass is 9.86. The van der Waals surface area contributed by atoms with Gasteiger partial charge in [-0.1, -0.05) is 42.5 Å². The van der Waals surface area contributed by atoms with Crippen molar-refractivity contribution >= 4 is 11.6 Å². The first kappa shape index (κ1) is 16.5. The van der Waals surface area contributed by atoms with E-state index in [2.05, 4.69) is 40.5 Å². The molecule has 4 nitrogen and oxygen atoms in total. The van der Waals surface area contributed by atoms with Crippen molar-refractivity contribution in [3.8, 4) is 0 Å². The molecule has 1 amide bonds. The van der Waals surface area contributed by atoms with Crippen molar-refractivity contribution in [2.45, 2.75) is 31.8 Å². The fourth-order valence-electron chi connectivity index (χ4n) is 3.37. The van der Waals surface area contributed by atoms with E-state index in [4.69, 9.17) is 5.73 Å². The van der Waals surface area contributed by atoms with Crippen LogP contribution in [0.1, 0.15) is 24.0 Å². The molecule has 3 rings (SSSR count). The Balaban J connectivity index is 1.67. The van der Waals surface area contributed by atoms with Crippen LogP contribution in [0.5, 0.6) is 0 Å². The van der Waals surface area contributed by atoms with Gasteiger partial charge in [0.15, 0.2) is 0 Å². The molecule has 0 spiro atoms. The normalized spacial score (nSPS) is 17.4. The maximum absolute atomic E-state index is 12.2. The average molecular weight is 323 g/mol. The van der Waals surface area contributed by atoms with Crippen molar-refractivity contribution in [1.82, 2.24) is 4.90 Å². The summed E-state index contributed by atoms with van der Waals surface area (Å²) in [6.07, 6.45) is 1.45. The summed E-state index contributed by atoms with van der Waals surface area (Å²) in [6, 6.07) is 18.5. The van der Waals surface area contributed by atoms with Crippen molar-refractivity contribution in [3.63, 3.8) is 0 Å². The molecule has 1 heterocycles. The molecule has 4 heteroatoms. The van der Waals surface area contributed by atoms with E-state index in [1.807, 2.05) is 31.2 Å². The molecule has 126 valence electrons. The Morgan fingerprint density at radius 1 is 1.12 bits per heavy atom. The Morgan fingerprint density at radius 2 is 1.83 bits per heavy atom. The summed E-state index contributed by atoms with van der Waals surface area (Å²) in [5.74, 6) is -0.261. The minimum atomic E-state index is -0.652. The van der Waals surface area contributed by atoms with Gasteiger partial charge in [-0.05, 0) is 43.0 Å². The molecule has 0 atom stereocenters. The summed E-state index contributed by atoms with van der Waals surface area (Å²) in [7, 11) is 0. The number of amides is 1. The Labute approximate surface area is 143 Å². The molecule has 3 N–H and O–H groups in total. The number of piperidine rings is 1. The third-order valence-electron chi connectivity index (χ3n) is 4.83. The van der Waals surface area contributed by atoms with Gasteiger partial charge in [0, 0.05) is 25.3 Å². The number of benzene rings is 2. The Kier molecular flexibility index (Phi) is 4.86. The number of nitrogens with one attached hydrogen (secondary N) is 1. The van der Waals surface area contributed by atoms with E-state index < -0.39 is 5.54 Å². The van der Waals surface area contributed by atoms with Crippen LogP contribution >= 0.6 is 0 Å². The molecule has 1 aliphatic rings. The molecule has 1 aliphatic heterocycles. The van der Waals surface area contributed by atoms with Crippen LogP contribution in [-0.2, 0) is 11.3 Å². The summed E-state index contributed by atoms with van der Waals surface area (Å²) < 4.78 is 0. The monoisotopic (exact) mass is 323 g/mol. The van der Waals surface area contributed by atoms with Gasteiger partial charge in [0.25, 0.3) is 0 Å². The van der Waals surface area contributed by atoms with Gasteiger partial charge in [0.1, 0.15) is 5.54 Å². The molecule has 24 heavy (non-hydrogen) atoms. The SMILES string of the molecule is Cc1cccc(NC2(C(N)=O)CCN(Cc3ccccc3)CC2)c1. The topological polar surface area (TPSA) is 58.4 Å². The average Bonchev–Trinajstić information content (AvgIpc) is 2.57. The molecule has 0 unspecified atom stereocenters. The number of anilines is 1. The zero-order chi connectivity index (χ0) is 17.0. The Hall–Kier alpha value is -2.33. The fourth-order valence-corrected chi connectivity index (χ4v) is 3.37. The van der Waals surface area contributed by atoms with E-state index in [0.29, 0.717) is 0 Å². The van der Waals surface area contributed by atoms with Gasteiger partial charge in [-0.15, -0.1) is 0 Å². The van der Waals surface area contributed by atoms with Crippen LogP contribution in [0.4, 0.5) is 5.69 Å². The number of primary amides is 1. The highest BCUT2D eigenvalue weighted by molar-refractivity contribution is 5.88. The van der Waals surface area contributed by atoms with Gasteiger partial charge in [-0.2, -0.15) is 0 Å². The van der Waals surface area contributed by atoms with Gasteiger partial charge >= 0.3 is 0 Å². The van der Waals surface area contributed by atoms with Crippen LogP contribution in [0.2, 0.25) is 0 Å². The number of aryl methyl sites for hydroxylation is 1. The molecule has 0 radical (unpaired) electrons. The first-order chi connectivity index (χ1) is 11.6. The summed E-state index contributed by atoms with van der Waals surface area (Å²) >= 11 is 0. The van der Waals surface area contributed by atoms with E-state index >= 15 is 0 Å². The number of carbonyl (C=O) groups is 1. The lowest BCUT2D eigenvalue weighted by Crippen LogP contribution is -2.56. The molecular formula is C20H25N3O. The standard InChI is InChI=1S/C20H25N3O/c1-16-6-5-9-18(14-16)22-20(19(21)24)10-12-23(13-11-20)15-17-7-3-2-4-8-17/h2-9,14,22H,10-13,15H2,1H3,(H2,21,24). The van der Waals surface area contributed by atoms with Gasteiger partial charge in [-0.25, -0.2) is 0 Å². The molecule has 0 saturated carbocycles. The zero-order valence-electron chi connectivity index (χ0n) is 14.2. The van der Waals surface area contributed by atoms with Crippen LogP contribution < -0.4 is 11.1 Å². The lowest BCUT2D eigenvalue weighted by Gasteiger charge is -2.40. The minimum Gasteiger partial charge on any atom is -0.371 e. The number of hydrogen-bond acceptors (Lipinski definition) is 3. The lowest BCUT2D eigenvalue weighted by molar-refractivity contribution is -0.123. The van der Waals surface area contributed by atoms with E-state index in [-0.39, 0.29) is 5.91 Å². The van der Waals surface area contributed by atoms with Crippen molar-refractivity contribution in [2.75, 3.05) is 18.4 Å². The zero-order valence-corrected chi connectivity index (χ0v) is 14.2. The van der Waals surface area contributed by atoms with Crippen molar-refractivity contribution in [3.05, 3.63) is 65.7 Å². The number of nitrogens with two attached hydrogens (primary N) is 1. The molecule has 0 bridgehead atoms. The van der Waals surface area contributed by atoms with Gasteiger partial charge in [0.05, 0.1) is 0 Å². The summed E-state index contributed by atoms with van der Waals surface area (Å²) in [4.78, 5) is 14.6. The molecule has 1 saturated heterocycles. The third-order valence-corrected chi connectivity index (χ3v) is 4.83.